The van der Waals surface area contributed by atoms with E-state index in [9.17, 15) is 28.8 Å². The molecule has 141 heavy (non-hydrogen) atoms. The molecule has 1 N–H and O–H groups in total. The van der Waals surface area contributed by atoms with Crippen molar-refractivity contribution in [2.45, 2.75) is 123 Å². The lowest BCUT2D eigenvalue weighted by atomic mass is 9.89. The molecule has 6 saturated heterocycles. The molecule has 0 aromatic heterocycles. The lowest BCUT2D eigenvalue weighted by molar-refractivity contribution is 0.0805. The summed E-state index contributed by atoms with van der Waals surface area (Å²) >= 11 is 29.9. The molecule has 22 heteroatoms. The number of nitrogens with zero attached hydrogens (tertiary/aromatic N) is 6. The van der Waals surface area contributed by atoms with Crippen molar-refractivity contribution < 1.29 is 52.8 Å². The summed E-state index contributed by atoms with van der Waals surface area (Å²) in [5, 5.41) is 12.5. The fraction of sp³-hybridized carbons (Fsp3) is 0.345. The molecule has 6 aliphatic heterocycles. The Hall–Kier alpha value is -11.0. The highest BCUT2D eigenvalue weighted by Crippen LogP contribution is 2.35. The van der Waals surface area contributed by atoms with Crippen molar-refractivity contribution in [1.29, 1.82) is 0 Å². The Morgan fingerprint density at radius 1 is 0.248 bits per heavy atom. The van der Waals surface area contributed by atoms with Crippen molar-refractivity contribution in [1.82, 2.24) is 29.4 Å². The first kappa shape index (κ1) is 107. The van der Waals surface area contributed by atoms with Crippen LogP contribution in [-0.2, 0) is 45.9 Å². The Balaban J connectivity index is 0.000000142. The van der Waals surface area contributed by atoms with E-state index in [4.69, 9.17) is 82.1 Å². The Labute approximate surface area is 857 Å². The number of carbonyl (C=O) groups is 6. The molecule has 18 rings (SSSR count). The highest BCUT2D eigenvalue weighted by molar-refractivity contribution is 6.42. The van der Waals surface area contributed by atoms with Crippen molar-refractivity contribution in [2.75, 3.05) is 107 Å². The maximum atomic E-state index is 12.8. The lowest BCUT2D eigenvalue weighted by Crippen LogP contribution is -2.38. The highest BCUT2D eigenvalue weighted by atomic mass is 35.5. The van der Waals surface area contributed by atoms with Crippen LogP contribution < -0.4 is 18.9 Å². The molecule has 0 aliphatic carbocycles. The van der Waals surface area contributed by atoms with E-state index in [-0.39, 0.29) is 76.8 Å². The summed E-state index contributed by atoms with van der Waals surface area (Å²) in [6.45, 7) is 16.2. The highest BCUT2D eigenvalue weighted by Gasteiger charge is 2.34. The summed E-state index contributed by atoms with van der Waals surface area (Å²) in [6, 6.07) is 96.9. The number of hydrogen-bond donors (Lipinski definition) is 1. The Morgan fingerprint density at radius 3 is 0.865 bits per heavy atom. The zero-order chi connectivity index (χ0) is 99.2. The van der Waals surface area contributed by atoms with Crippen LogP contribution in [0.5, 0.6) is 23.0 Å². The van der Waals surface area contributed by atoms with Crippen molar-refractivity contribution in [3.8, 4) is 23.0 Å². The molecule has 12 aromatic carbocycles. The van der Waals surface area contributed by atoms with Crippen molar-refractivity contribution in [3.63, 3.8) is 0 Å². The number of likely N-dealkylation sites (tertiary alicyclic amines) is 6. The standard InChI is InChI=1S/2C21H25NO3.C20H23NO2.2C19H19Cl2NO.C19H20ClNO/c1-24-19-11-10-16(13-20(19)25-2)14-22-12-6-9-18(15-22)21(23)17-7-4-3-5-8-17;1-25-20-10-6-16(7-11-20)13-22-12-2-3-19(14-22)21(24)18-8-4-17(15-23)5-9-18;1-23-19-11-5-7-16(13-19)14-21-12-6-10-18(15-21)20(22)17-8-3-2-4-9-17;20-17-7-3-14(4-8-17)12-22-11-1-2-16(13-22)19(23)15-5-9-18(21)10-6-15;20-17-9-8-14(11-18(17)21)12-22-10-4-7-16(13-22)19(23)15-5-2-1-3-6-15;20-18-10-4-6-15(12-18)13-21-11-5-9-17(14-21)19(22)16-7-2-1-3-8-16/h3-5,7-8,10-11,13,18H,6,9,12,14-15H2,1-2H3;4-11,19,23H,2-3,12-15H2,1H3;2-5,7-9,11,13,18H,6,10,12,14-15H2,1H3;3-10,16H,1-2,11-13H2;1-3,5-6,8-9,11,16H,4,7,10,12-13H2;1-4,6-8,10,12,17H,5,9,11,13-14H2. The molecule has 6 heterocycles. The molecule has 12 aromatic rings. The first-order valence-electron chi connectivity index (χ1n) is 49.3. The molecule has 0 spiro atoms. The lowest BCUT2D eigenvalue weighted by Gasteiger charge is -2.32. The van der Waals surface area contributed by atoms with Gasteiger partial charge in [0.1, 0.15) is 11.5 Å². The van der Waals surface area contributed by atoms with Gasteiger partial charge in [0.15, 0.2) is 46.2 Å². The van der Waals surface area contributed by atoms with E-state index in [1.165, 1.54) is 27.8 Å². The third-order valence-corrected chi connectivity index (χ3v) is 28.5. The van der Waals surface area contributed by atoms with Crippen LogP contribution >= 0.6 is 58.0 Å². The summed E-state index contributed by atoms with van der Waals surface area (Å²) in [7, 11) is 6.65. The average molecular weight is 2000 g/mol. The van der Waals surface area contributed by atoms with Crippen LogP contribution in [0.3, 0.4) is 0 Å². The van der Waals surface area contributed by atoms with Crippen molar-refractivity contribution in [3.05, 3.63) is 401 Å². The quantitative estimate of drug-likeness (QED) is 0.0437. The topological polar surface area (TPSA) is 179 Å². The van der Waals surface area contributed by atoms with E-state index in [0.29, 0.717) is 15.1 Å². The van der Waals surface area contributed by atoms with Crippen LogP contribution in [-0.4, -0.2) is 176 Å². The van der Waals surface area contributed by atoms with Crippen LogP contribution in [0.4, 0.5) is 0 Å². The molecule has 738 valence electrons. The molecule has 6 fully saturated rings. The maximum absolute atomic E-state index is 12.8. The summed E-state index contributed by atoms with van der Waals surface area (Å²) in [5.74, 6) is 5.22. The van der Waals surface area contributed by atoms with Crippen molar-refractivity contribution >= 4 is 92.7 Å². The number of ketones is 6. The maximum Gasteiger partial charge on any atom is 0.167 e. The van der Waals surface area contributed by atoms with Gasteiger partial charge in [-0.05, 0) is 252 Å². The molecular weight excluding hydrogens is 1870 g/mol. The van der Waals surface area contributed by atoms with Gasteiger partial charge in [0.2, 0.25) is 0 Å². The molecule has 6 atom stereocenters. The number of rotatable bonds is 29. The molecule has 0 radical (unpaired) electrons. The normalized spacial score (nSPS) is 18.5. The zero-order valence-corrected chi connectivity index (χ0v) is 85.1. The fourth-order valence-corrected chi connectivity index (χ4v) is 20.4. The van der Waals surface area contributed by atoms with Gasteiger partial charge in [-0.25, -0.2) is 0 Å². The van der Waals surface area contributed by atoms with Crippen molar-refractivity contribution in [2.24, 2.45) is 35.5 Å². The van der Waals surface area contributed by atoms with E-state index >= 15 is 0 Å². The second-order valence-corrected chi connectivity index (χ2v) is 39.5. The Kier molecular flexibility index (Phi) is 42.8. The number of carbonyl (C=O) groups excluding carboxylic acids is 6. The Bertz CT molecular complexity index is 5930. The molecule has 0 amide bonds. The minimum atomic E-state index is 0.00748. The number of methoxy groups -OCH3 is 4. The minimum absolute atomic E-state index is 0.00748. The summed E-state index contributed by atoms with van der Waals surface area (Å²) in [4.78, 5) is 90.2. The molecule has 6 aliphatic rings. The van der Waals surface area contributed by atoms with Crippen LogP contribution in [0.1, 0.15) is 178 Å². The summed E-state index contributed by atoms with van der Waals surface area (Å²) in [6.07, 6.45) is 12.2. The van der Waals surface area contributed by atoms with Crippen LogP contribution in [0.25, 0.3) is 0 Å². The van der Waals surface area contributed by atoms with Gasteiger partial charge >= 0.3 is 0 Å². The Morgan fingerprint density at radius 2 is 0.532 bits per heavy atom. The number of hydrogen-bond acceptors (Lipinski definition) is 17. The number of ether oxygens (including phenoxy) is 4. The fourth-order valence-electron chi connectivity index (χ4n) is 19.6. The van der Waals surface area contributed by atoms with E-state index in [0.717, 1.165) is 272 Å². The third kappa shape index (κ3) is 33.6. The first-order chi connectivity index (χ1) is 68.6. The molecule has 0 bridgehead atoms. The molecular formula is C119H131Cl5N6O11. The predicted molar refractivity (Wildman–Crippen MR) is 568 cm³/mol. The minimum Gasteiger partial charge on any atom is -0.497 e. The number of halogens is 5. The van der Waals surface area contributed by atoms with Crippen LogP contribution in [0, 0.1) is 35.5 Å². The van der Waals surface area contributed by atoms with Gasteiger partial charge in [0, 0.05) is 162 Å². The van der Waals surface area contributed by atoms with Gasteiger partial charge in [0.05, 0.1) is 45.1 Å². The SMILES string of the molecule is COc1ccc(CN2CCCC(C(=O)c3ccc(CO)cc3)C2)cc1.COc1ccc(CN2CCCC(C(=O)c3ccccc3)C2)cc1OC.COc1cccc(CN2CCCC(C(=O)c3ccccc3)C2)c1.O=C(c1ccc(Cl)cc1)C1CCCN(Cc2ccc(Cl)cc2)C1.O=C(c1ccccc1)C1CCCN(Cc2ccc(Cl)c(Cl)c2)C1.O=C(c1ccccc1)C1CCCN(Cc2cccc(Cl)c2)C1. The smallest absolute Gasteiger partial charge is 0.167 e. The van der Waals surface area contributed by atoms with E-state index < -0.39 is 0 Å². The number of benzene rings is 12. The van der Waals surface area contributed by atoms with Gasteiger partial charge in [-0.1, -0.05) is 264 Å². The summed E-state index contributed by atoms with van der Waals surface area (Å²) < 4.78 is 21.2. The number of piperidine rings is 6. The summed E-state index contributed by atoms with van der Waals surface area (Å²) in [5.41, 5.74) is 12.8. The van der Waals surface area contributed by atoms with Crippen LogP contribution in [0.15, 0.2) is 303 Å². The zero-order valence-electron chi connectivity index (χ0n) is 81.4. The molecule has 0 saturated carbocycles. The van der Waals surface area contributed by atoms with Gasteiger partial charge < -0.3 is 24.1 Å². The molecule has 6 unspecified atom stereocenters. The van der Waals surface area contributed by atoms with Gasteiger partial charge in [0.25, 0.3) is 0 Å². The van der Waals surface area contributed by atoms with E-state index in [1.807, 2.05) is 255 Å². The van der Waals surface area contributed by atoms with Gasteiger partial charge in [-0.15, -0.1) is 0 Å². The number of aliphatic hydroxyl groups is 1. The number of aliphatic hydroxyl groups excluding tert-OH is 1. The molecule has 17 nitrogen and oxygen atoms in total. The van der Waals surface area contributed by atoms with Gasteiger partial charge in [-0.3, -0.25) is 58.2 Å². The third-order valence-electron chi connectivity index (χ3n) is 27.0. The number of Topliss-reactive ketones (excluding diaryl/α,β-unsaturated/α-hetero) is 6. The van der Waals surface area contributed by atoms with E-state index in [1.54, 1.807) is 40.6 Å². The van der Waals surface area contributed by atoms with Gasteiger partial charge in [-0.2, -0.15) is 0 Å². The van der Waals surface area contributed by atoms with Crippen LogP contribution in [0.2, 0.25) is 25.1 Å². The first-order valence-corrected chi connectivity index (χ1v) is 51.2. The average Bonchev–Trinajstić information content (AvgIpc) is 0.844. The second-order valence-electron chi connectivity index (χ2n) is 37.4. The largest absolute Gasteiger partial charge is 0.497 e. The van der Waals surface area contributed by atoms with E-state index in [2.05, 4.69) is 65.8 Å². The monoisotopic (exact) mass is 1990 g/mol. The second kappa shape index (κ2) is 56.2. The predicted octanol–water partition coefficient (Wildman–Crippen LogP) is 25.5.